The summed E-state index contributed by atoms with van der Waals surface area (Å²) in [5.74, 6) is 0.383. The van der Waals surface area contributed by atoms with Crippen LogP contribution in [-0.4, -0.2) is 19.0 Å². The molecule has 1 aliphatic heterocycles. The molecule has 0 aromatic heterocycles. The molecule has 24 heavy (non-hydrogen) atoms. The van der Waals surface area contributed by atoms with E-state index in [4.69, 9.17) is 9.47 Å². The van der Waals surface area contributed by atoms with Crippen LogP contribution in [0.4, 0.5) is 0 Å². The quantitative estimate of drug-likeness (QED) is 0.410. The lowest BCUT2D eigenvalue weighted by atomic mass is 10.1. The number of hydrogen-bond donors (Lipinski definition) is 0. The molecule has 0 fully saturated rings. The van der Waals surface area contributed by atoms with Crippen molar-refractivity contribution in [3.05, 3.63) is 66.6 Å². The summed E-state index contributed by atoms with van der Waals surface area (Å²) in [6.45, 7) is 0. The third-order valence-corrected chi connectivity index (χ3v) is 5.00. The van der Waals surface area contributed by atoms with E-state index in [1.807, 2.05) is 36.4 Å². The summed E-state index contributed by atoms with van der Waals surface area (Å²) in [6, 6.07) is 11.1. The van der Waals surface area contributed by atoms with Crippen molar-refractivity contribution in [1.29, 1.82) is 0 Å². The Morgan fingerprint density at radius 3 is 2.58 bits per heavy atom. The van der Waals surface area contributed by atoms with Gasteiger partial charge in [-0.25, -0.2) is 9.79 Å². The normalized spacial score (nSPS) is 15.4. The van der Waals surface area contributed by atoms with Gasteiger partial charge < -0.3 is 9.47 Å². The van der Waals surface area contributed by atoms with Gasteiger partial charge in [-0.2, -0.15) is 0 Å². The standard InChI is InChI=1S/C17H10Br3NO3/c1-23-15-9(6-10(18)8-13(15)20)7-14-17(22)24-16(21-14)11-4-2-3-5-12(11)19/h2-8H,1H3/b14-7-. The molecule has 4 nitrogen and oxygen atoms in total. The van der Waals surface area contributed by atoms with Gasteiger partial charge in [-0.15, -0.1) is 0 Å². The SMILES string of the molecule is COc1c(Br)cc(Br)cc1/C=C1\N=C(c2ccccc2Br)OC1=O. The van der Waals surface area contributed by atoms with Gasteiger partial charge in [-0.1, -0.05) is 28.1 Å². The van der Waals surface area contributed by atoms with Gasteiger partial charge in [-0.3, -0.25) is 0 Å². The van der Waals surface area contributed by atoms with Crippen molar-refractivity contribution in [3.8, 4) is 5.75 Å². The first-order valence-corrected chi connectivity index (χ1v) is 9.18. The van der Waals surface area contributed by atoms with E-state index >= 15 is 0 Å². The van der Waals surface area contributed by atoms with Gasteiger partial charge in [0, 0.05) is 14.5 Å². The van der Waals surface area contributed by atoms with E-state index in [0.717, 1.165) is 19.0 Å². The lowest BCUT2D eigenvalue weighted by molar-refractivity contribution is -0.129. The van der Waals surface area contributed by atoms with Crippen LogP contribution in [0.5, 0.6) is 5.75 Å². The van der Waals surface area contributed by atoms with Gasteiger partial charge in [0.05, 0.1) is 17.1 Å². The number of halogens is 3. The van der Waals surface area contributed by atoms with Crippen molar-refractivity contribution in [2.24, 2.45) is 4.99 Å². The van der Waals surface area contributed by atoms with E-state index in [0.29, 0.717) is 11.3 Å². The van der Waals surface area contributed by atoms with Gasteiger partial charge in [0.2, 0.25) is 5.90 Å². The molecule has 0 bridgehead atoms. The van der Waals surface area contributed by atoms with Crippen molar-refractivity contribution in [2.75, 3.05) is 7.11 Å². The third kappa shape index (κ3) is 3.48. The molecule has 7 heteroatoms. The molecule has 122 valence electrons. The average molecular weight is 516 g/mol. The monoisotopic (exact) mass is 513 g/mol. The predicted molar refractivity (Wildman–Crippen MR) is 103 cm³/mol. The second kappa shape index (κ2) is 7.21. The summed E-state index contributed by atoms with van der Waals surface area (Å²) in [5, 5.41) is 0. The summed E-state index contributed by atoms with van der Waals surface area (Å²) in [7, 11) is 1.57. The number of rotatable bonds is 3. The molecule has 2 aromatic carbocycles. The predicted octanol–water partition coefficient (Wildman–Crippen LogP) is 5.33. The Balaban J connectivity index is 2.06. The summed E-state index contributed by atoms with van der Waals surface area (Å²) >= 11 is 10.3. The molecular weight excluding hydrogens is 506 g/mol. The Bertz CT molecular complexity index is 891. The Kier molecular flexibility index (Phi) is 5.22. The highest BCUT2D eigenvalue weighted by Gasteiger charge is 2.26. The fourth-order valence-electron chi connectivity index (χ4n) is 2.21. The van der Waals surface area contributed by atoms with Crippen LogP contribution in [0.1, 0.15) is 11.1 Å². The molecule has 1 aliphatic rings. The van der Waals surface area contributed by atoms with E-state index in [9.17, 15) is 4.79 Å². The van der Waals surface area contributed by atoms with Crippen molar-refractivity contribution >= 4 is 65.7 Å². The largest absolute Gasteiger partial charge is 0.495 e. The van der Waals surface area contributed by atoms with Gasteiger partial charge in [0.1, 0.15) is 5.75 Å². The number of methoxy groups -OCH3 is 1. The fraction of sp³-hybridized carbons (Fsp3) is 0.0588. The summed E-state index contributed by atoms with van der Waals surface area (Å²) in [6.07, 6.45) is 1.64. The highest BCUT2D eigenvalue weighted by atomic mass is 79.9. The summed E-state index contributed by atoms with van der Waals surface area (Å²) in [4.78, 5) is 16.5. The van der Waals surface area contributed by atoms with Crippen molar-refractivity contribution in [3.63, 3.8) is 0 Å². The molecule has 0 saturated carbocycles. The molecule has 0 aliphatic carbocycles. The van der Waals surface area contributed by atoms with Gasteiger partial charge in [0.15, 0.2) is 5.70 Å². The molecule has 0 saturated heterocycles. The Labute approximate surface area is 164 Å². The fourth-order valence-corrected chi connectivity index (χ4v) is 4.08. The second-order valence-electron chi connectivity index (χ2n) is 4.83. The van der Waals surface area contributed by atoms with Crippen LogP contribution in [0, 0.1) is 0 Å². The van der Waals surface area contributed by atoms with Crippen LogP contribution >= 0.6 is 47.8 Å². The molecule has 0 amide bonds. The van der Waals surface area contributed by atoms with Gasteiger partial charge in [-0.05, 0) is 62.2 Å². The Morgan fingerprint density at radius 2 is 1.88 bits per heavy atom. The van der Waals surface area contributed by atoms with E-state index in [1.165, 1.54) is 0 Å². The third-order valence-electron chi connectivity index (χ3n) is 3.26. The molecule has 0 unspecified atom stereocenters. The number of cyclic esters (lactones) is 1. The summed E-state index contributed by atoms with van der Waals surface area (Å²) < 4.78 is 13.1. The first kappa shape index (κ1) is 17.4. The molecule has 0 radical (unpaired) electrons. The maximum atomic E-state index is 12.2. The maximum Gasteiger partial charge on any atom is 0.363 e. The zero-order chi connectivity index (χ0) is 17.3. The highest BCUT2D eigenvalue weighted by molar-refractivity contribution is 9.11. The molecule has 0 spiro atoms. The number of carbonyl (C=O) groups is 1. The summed E-state index contributed by atoms with van der Waals surface area (Å²) in [5.41, 5.74) is 1.64. The molecule has 0 N–H and O–H groups in total. The molecule has 0 atom stereocenters. The number of esters is 1. The maximum absolute atomic E-state index is 12.2. The lowest BCUT2D eigenvalue weighted by Crippen LogP contribution is -2.05. The van der Waals surface area contributed by atoms with E-state index in [1.54, 1.807) is 13.2 Å². The van der Waals surface area contributed by atoms with E-state index in [-0.39, 0.29) is 11.6 Å². The topological polar surface area (TPSA) is 47.9 Å². The second-order valence-corrected chi connectivity index (χ2v) is 7.45. The van der Waals surface area contributed by atoms with Crippen LogP contribution in [0.25, 0.3) is 6.08 Å². The molecular formula is C17H10Br3NO3. The minimum absolute atomic E-state index is 0.212. The number of nitrogens with zero attached hydrogens (tertiary/aromatic N) is 1. The number of benzene rings is 2. The van der Waals surface area contributed by atoms with Crippen molar-refractivity contribution in [1.82, 2.24) is 0 Å². The van der Waals surface area contributed by atoms with Crippen molar-refractivity contribution in [2.45, 2.75) is 0 Å². The van der Waals surface area contributed by atoms with Crippen LogP contribution in [0.3, 0.4) is 0 Å². The molecule has 2 aromatic rings. The molecule has 1 heterocycles. The Hall–Kier alpha value is -1.44. The number of aliphatic imine (C=N–C) groups is 1. The number of hydrogen-bond acceptors (Lipinski definition) is 4. The zero-order valence-electron chi connectivity index (χ0n) is 12.3. The van der Waals surface area contributed by atoms with Gasteiger partial charge >= 0.3 is 5.97 Å². The minimum Gasteiger partial charge on any atom is -0.495 e. The van der Waals surface area contributed by atoms with E-state index in [2.05, 4.69) is 52.8 Å². The number of carbonyl (C=O) groups excluding carboxylic acids is 1. The van der Waals surface area contributed by atoms with Gasteiger partial charge in [0.25, 0.3) is 0 Å². The highest BCUT2D eigenvalue weighted by Crippen LogP contribution is 2.35. The number of ether oxygens (including phenoxy) is 2. The van der Waals surface area contributed by atoms with E-state index < -0.39 is 5.97 Å². The van der Waals surface area contributed by atoms with Crippen molar-refractivity contribution < 1.29 is 14.3 Å². The van der Waals surface area contributed by atoms with Crippen LogP contribution in [0.15, 0.2) is 60.5 Å². The van der Waals surface area contributed by atoms with Crippen LogP contribution in [-0.2, 0) is 9.53 Å². The molecule has 3 rings (SSSR count). The lowest BCUT2D eigenvalue weighted by Gasteiger charge is -2.08. The Morgan fingerprint density at radius 1 is 1.12 bits per heavy atom. The first-order valence-electron chi connectivity index (χ1n) is 6.80. The van der Waals surface area contributed by atoms with Crippen LogP contribution in [0.2, 0.25) is 0 Å². The van der Waals surface area contributed by atoms with Crippen LogP contribution < -0.4 is 4.74 Å². The zero-order valence-corrected chi connectivity index (χ0v) is 17.1. The first-order chi connectivity index (χ1) is 11.5. The average Bonchev–Trinajstić information content (AvgIpc) is 2.88. The minimum atomic E-state index is -0.501. The smallest absolute Gasteiger partial charge is 0.363 e.